The molecule has 0 aliphatic carbocycles. The van der Waals surface area contributed by atoms with Crippen LogP contribution in [0.1, 0.15) is 17.2 Å². The third kappa shape index (κ3) is 4.66. The number of rotatable bonds is 6. The van der Waals surface area contributed by atoms with Crippen molar-refractivity contribution in [1.29, 1.82) is 0 Å². The summed E-state index contributed by atoms with van der Waals surface area (Å²) in [7, 11) is 0. The molecular weight excluding hydrogens is 312 g/mol. The van der Waals surface area contributed by atoms with Crippen molar-refractivity contribution in [2.45, 2.75) is 18.6 Å². The van der Waals surface area contributed by atoms with Crippen molar-refractivity contribution in [2.75, 3.05) is 6.61 Å². The van der Waals surface area contributed by atoms with Crippen LogP contribution in [0, 0.1) is 0 Å². The number of aliphatic hydroxyl groups is 1. The lowest BCUT2D eigenvalue weighted by Gasteiger charge is -2.22. The summed E-state index contributed by atoms with van der Waals surface area (Å²) >= 11 is 0. The van der Waals surface area contributed by atoms with Crippen LogP contribution in [0.4, 0.5) is 8.78 Å². The number of halogens is 3. The maximum atomic E-state index is 13.4. The van der Waals surface area contributed by atoms with E-state index < -0.39 is 18.6 Å². The molecule has 0 saturated carbocycles. The van der Waals surface area contributed by atoms with Crippen molar-refractivity contribution in [3.8, 4) is 5.75 Å². The van der Waals surface area contributed by atoms with Gasteiger partial charge < -0.3 is 15.6 Å². The van der Waals surface area contributed by atoms with E-state index in [9.17, 15) is 8.78 Å². The van der Waals surface area contributed by atoms with Gasteiger partial charge in [-0.15, -0.1) is 12.4 Å². The summed E-state index contributed by atoms with van der Waals surface area (Å²) in [6, 6.07) is 14.2. The average Bonchev–Trinajstić information content (AvgIpc) is 2.53. The van der Waals surface area contributed by atoms with Gasteiger partial charge in [0.25, 0.3) is 5.92 Å². The Bertz CT molecular complexity index is 581. The highest BCUT2D eigenvalue weighted by Gasteiger charge is 2.37. The van der Waals surface area contributed by atoms with Gasteiger partial charge in [-0.1, -0.05) is 42.5 Å². The largest absolute Gasteiger partial charge is 0.489 e. The van der Waals surface area contributed by atoms with Gasteiger partial charge >= 0.3 is 0 Å². The fourth-order valence-electron chi connectivity index (χ4n) is 1.88. The molecule has 3 nitrogen and oxygen atoms in total. The first-order valence-electron chi connectivity index (χ1n) is 6.54. The molecule has 0 saturated heterocycles. The van der Waals surface area contributed by atoms with E-state index in [0.29, 0.717) is 12.4 Å². The van der Waals surface area contributed by atoms with Crippen molar-refractivity contribution in [2.24, 2.45) is 5.73 Å². The summed E-state index contributed by atoms with van der Waals surface area (Å²) < 4.78 is 32.4. The van der Waals surface area contributed by atoms with Crippen molar-refractivity contribution in [1.82, 2.24) is 0 Å². The van der Waals surface area contributed by atoms with Crippen LogP contribution in [0.25, 0.3) is 0 Å². The van der Waals surface area contributed by atoms with E-state index >= 15 is 0 Å². The molecule has 22 heavy (non-hydrogen) atoms. The second-order valence-electron chi connectivity index (χ2n) is 4.74. The molecule has 0 spiro atoms. The molecule has 6 heteroatoms. The lowest BCUT2D eigenvalue weighted by Crippen LogP contribution is -2.36. The zero-order chi connectivity index (χ0) is 15.3. The normalized spacial score (nSPS) is 12.4. The Morgan fingerprint density at radius 2 is 1.77 bits per heavy atom. The second kappa shape index (κ2) is 8.08. The Balaban J connectivity index is 0.00000242. The highest BCUT2D eigenvalue weighted by Crippen LogP contribution is 2.30. The fourth-order valence-corrected chi connectivity index (χ4v) is 1.88. The van der Waals surface area contributed by atoms with Gasteiger partial charge in [0, 0.05) is 0 Å². The molecule has 3 N–H and O–H groups in total. The summed E-state index contributed by atoms with van der Waals surface area (Å²) in [5, 5.41) is 8.69. The summed E-state index contributed by atoms with van der Waals surface area (Å²) in [5.41, 5.74) is 6.70. The van der Waals surface area contributed by atoms with Crippen molar-refractivity contribution >= 4 is 12.4 Å². The Kier molecular flexibility index (Phi) is 6.74. The quantitative estimate of drug-likeness (QED) is 0.855. The lowest BCUT2D eigenvalue weighted by molar-refractivity contribution is -0.0712. The topological polar surface area (TPSA) is 55.5 Å². The molecule has 0 aliphatic rings. The Labute approximate surface area is 134 Å². The van der Waals surface area contributed by atoms with Crippen molar-refractivity contribution in [3.63, 3.8) is 0 Å². The Hall–Kier alpha value is -1.69. The first-order chi connectivity index (χ1) is 10.0. The fraction of sp³-hybridized carbons (Fsp3) is 0.250. The van der Waals surface area contributed by atoms with Crippen LogP contribution in [0.5, 0.6) is 5.75 Å². The average molecular weight is 330 g/mol. The van der Waals surface area contributed by atoms with E-state index in [1.807, 2.05) is 30.3 Å². The minimum absolute atomic E-state index is 0. The summed E-state index contributed by atoms with van der Waals surface area (Å²) in [6.45, 7) is -0.945. The van der Waals surface area contributed by atoms with Crippen LogP contribution in [0.2, 0.25) is 0 Å². The number of ether oxygens (including phenoxy) is 1. The molecule has 120 valence electrons. The lowest BCUT2D eigenvalue weighted by atomic mass is 10.0. The highest BCUT2D eigenvalue weighted by molar-refractivity contribution is 5.85. The maximum absolute atomic E-state index is 13.4. The maximum Gasteiger partial charge on any atom is 0.289 e. The van der Waals surface area contributed by atoms with E-state index in [2.05, 4.69) is 0 Å². The van der Waals surface area contributed by atoms with Crippen molar-refractivity contribution in [3.05, 3.63) is 65.7 Å². The number of nitrogens with two attached hydrogens (primary N) is 1. The predicted octanol–water partition coefficient (Wildman–Crippen LogP) is 3.31. The third-order valence-corrected chi connectivity index (χ3v) is 3.13. The minimum Gasteiger partial charge on any atom is -0.489 e. The molecule has 0 radical (unpaired) electrons. The molecule has 0 aromatic heterocycles. The zero-order valence-electron chi connectivity index (χ0n) is 11.8. The second-order valence-corrected chi connectivity index (χ2v) is 4.74. The molecule has 0 amide bonds. The Morgan fingerprint density at radius 1 is 1.09 bits per heavy atom. The molecule has 0 heterocycles. The van der Waals surface area contributed by atoms with Gasteiger partial charge in [0.2, 0.25) is 0 Å². The molecule has 0 unspecified atom stereocenters. The van der Waals surface area contributed by atoms with Crippen LogP contribution in [-0.4, -0.2) is 17.6 Å². The van der Waals surface area contributed by atoms with Gasteiger partial charge in [-0.05, 0) is 23.3 Å². The molecule has 0 aliphatic heterocycles. The molecule has 0 fully saturated rings. The van der Waals surface area contributed by atoms with E-state index in [1.165, 1.54) is 12.1 Å². The van der Waals surface area contributed by atoms with Gasteiger partial charge in [0.05, 0.1) is 6.04 Å². The number of hydrogen-bond acceptors (Lipinski definition) is 3. The molecule has 0 bridgehead atoms. The number of alkyl halides is 2. The molecule has 2 rings (SSSR count). The minimum atomic E-state index is -3.36. The number of benzene rings is 2. The first-order valence-corrected chi connectivity index (χ1v) is 6.54. The number of hydrogen-bond donors (Lipinski definition) is 2. The molecule has 2 aromatic carbocycles. The standard InChI is InChI=1S/C16H17F2NO2.ClH/c17-16(18,11-20)15(19)13-7-4-8-14(9-13)21-10-12-5-2-1-3-6-12;/h1-9,15,20H,10-11,19H2;1H/t15-;/m1./s1. The van der Waals surface area contributed by atoms with Crippen LogP contribution in [0.15, 0.2) is 54.6 Å². The van der Waals surface area contributed by atoms with E-state index in [-0.39, 0.29) is 18.0 Å². The SMILES string of the molecule is Cl.N[C@H](c1cccc(OCc2ccccc2)c1)C(F)(F)CO. The van der Waals surface area contributed by atoms with Crippen LogP contribution < -0.4 is 10.5 Å². The predicted molar refractivity (Wildman–Crippen MR) is 83.4 cm³/mol. The monoisotopic (exact) mass is 329 g/mol. The van der Waals surface area contributed by atoms with Gasteiger partial charge in [0.15, 0.2) is 0 Å². The van der Waals surface area contributed by atoms with Crippen molar-refractivity contribution < 1.29 is 18.6 Å². The smallest absolute Gasteiger partial charge is 0.289 e. The molecule has 2 aromatic rings. The molecular formula is C16H18ClF2NO2. The highest BCUT2D eigenvalue weighted by atomic mass is 35.5. The van der Waals surface area contributed by atoms with Crippen LogP contribution >= 0.6 is 12.4 Å². The van der Waals surface area contributed by atoms with E-state index in [1.54, 1.807) is 12.1 Å². The Morgan fingerprint density at radius 3 is 2.41 bits per heavy atom. The van der Waals surface area contributed by atoms with Gasteiger partial charge in [-0.25, -0.2) is 8.78 Å². The van der Waals surface area contributed by atoms with Crippen LogP contribution in [-0.2, 0) is 6.61 Å². The van der Waals surface area contributed by atoms with E-state index in [0.717, 1.165) is 5.56 Å². The van der Waals surface area contributed by atoms with Gasteiger partial charge in [-0.2, -0.15) is 0 Å². The van der Waals surface area contributed by atoms with E-state index in [4.69, 9.17) is 15.6 Å². The first kappa shape index (κ1) is 18.4. The zero-order valence-corrected chi connectivity index (χ0v) is 12.6. The number of aliphatic hydroxyl groups excluding tert-OH is 1. The summed E-state index contributed by atoms with van der Waals surface area (Å²) in [5.74, 6) is -2.90. The van der Waals surface area contributed by atoms with Gasteiger partial charge in [0.1, 0.15) is 19.0 Å². The molecule has 1 atom stereocenters. The van der Waals surface area contributed by atoms with Gasteiger partial charge in [-0.3, -0.25) is 0 Å². The summed E-state index contributed by atoms with van der Waals surface area (Å²) in [6.07, 6.45) is 0. The van der Waals surface area contributed by atoms with Crippen LogP contribution in [0.3, 0.4) is 0 Å². The third-order valence-electron chi connectivity index (χ3n) is 3.13. The summed E-state index contributed by atoms with van der Waals surface area (Å²) in [4.78, 5) is 0.